The number of nitrogens with one attached hydrogen (secondary N) is 1. The lowest BCUT2D eigenvalue weighted by Crippen LogP contribution is -2.11. The fourth-order valence-corrected chi connectivity index (χ4v) is 1.81. The van der Waals surface area contributed by atoms with Crippen molar-refractivity contribution in [2.24, 2.45) is 0 Å². The monoisotopic (exact) mass is 262 g/mol. The second kappa shape index (κ2) is 5.62. The molecular formula is C13H18N4O2. The van der Waals surface area contributed by atoms with Crippen LogP contribution in [0.3, 0.4) is 0 Å². The van der Waals surface area contributed by atoms with Gasteiger partial charge in [0.05, 0.1) is 30.8 Å². The van der Waals surface area contributed by atoms with Crippen LogP contribution in [-0.2, 0) is 0 Å². The molecule has 0 radical (unpaired) electrons. The Labute approximate surface area is 111 Å². The lowest BCUT2D eigenvalue weighted by Gasteiger charge is -2.10. The molecule has 0 atom stereocenters. The minimum absolute atomic E-state index is 0.0295. The highest BCUT2D eigenvalue weighted by molar-refractivity contribution is 5.67. The van der Waals surface area contributed by atoms with Crippen LogP contribution in [0.25, 0.3) is 5.69 Å². The summed E-state index contributed by atoms with van der Waals surface area (Å²) in [7, 11) is 1.62. The maximum atomic E-state index is 8.92. The van der Waals surface area contributed by atoms with E-state index < -0.39 is 0 Å². The molecule has 0 aliphatic rings. The van der Waals surface area contributed by atoms with Crippen molar-refractivity contribution in [2.75, 3.05) is 31.3 Å². The van der Waals surface area contributed by atoms with Crippen LogP contribution >= 0.6 is 0 Å². The number of nitrogens with zero attached hydrogens (tertiary/aromatic N) is 2. The van der Waals surface area contributed by atoms with Gasteiger partial charge in [0.15, 0.2) is 5.82 Å². The fourth-order valence-electron chi connectivity index (χ4n) is 1.81. The molecule has 0 saturated heterocycles. The summed E-state index contributed by atoms with van der Waals surface area (Å²) in [6.07, 6.45) is 0. The van der Waals surface area contributed by atoms with Crippen molar-refractivity contribution >= 4 is 11.5 Å². The Morgan fingerprint density at radius 2 is 2.26 bits per heavy atom. The third kappa shape index (κ3) is 2.63. The Bertz CT molecular complexity index is 566. The molecule has 0 aliphatic carbocycles. The van der Waals surface area contributed by atoms with Crippen LogP contribution in [0.2, 0.25) is 0 Å². The molecule has 0 fully saturated rings. The number of hydrogen-bond acceptors (Lipinski definition) is 5. The highest BCUT2D eigenvalue weighted by atomic mass is 16.5. The van der Waals surface area contributed by atoms with Crippen molar-refractivity contribution in [1.82, 2.24) is 9.78 Å². The first-order valence-electron chi connectivity index (χ1n) is 6.01. The van der Waals surface area contributed by atoms with E-state index in [1.807, 2.05) is 31.2 Å². The highest BCUT2D eigenvalue weighted by Crippen LogP contribution is 2.27. The Hall–Kier alpha value is -2.21. The number of aliphatic hydroxyl groups excluding tert-OH is 1. The number of hydrogen-bond donors (Lipinski definition) is 3. The average molecular weight is 262 g/mol. The van der Waals surface area contributed by atoms with Crippen molar-refractivity contribution in [3.8, 4) is 11.4 Å². The molecule has 2 aromatic rings. The first kappa shape index (κ1) is 13.2. The largest absolute Gasteiger partial charge is 0.497 e. The molecule has 0 bridgehead atoms. The molecule has 0 amide bonds. The highest BCUT2D eigenvalue weighted by Gasteiger charge is 2.13. The second-order valence-electron chi connectivity index (χ2n) is 4.11. The van der Waals surface area contributed by atoms with Gasteiger partial charge in [-0.15, -0.1) is 0 Å². The summed E-state index contributed by atoms with van der Waals surface area (Å²) >= 11 is 0. The van der Waals surface area contributed by atoms with Crippen LogP contribution in [0.4, 0.5) is 11.5 Å². The predicted molar refractivity (Wildman–Crippen MR) is 74.8 cm³/mol. The van der Waals surface area contributed by atoms with Gasteiger partial charge in [-0.25, -0.2) is 4.68 Å². The third-order valence-corrected chi connectivity index (χ3v) is 2.81. The van der Waals surface area contributed by atoms with Crippen LogP contribution in [0.1, 0.15) is 5.69 Å². The van der Waals surface area contributed by atoms with Gasteiger partial charge in [-0.05, 0) is 19.1 Å². The van der Waals surface area contributed by atoms with Gasteiger partial charge >= 0.3 is 0 Å². The summed E-state index contributed by atoms with van der Waals surface area (Å²) in [5.74, 6) is 1.43. The van der Waals surface area contributed by atoms with Crippen LogP contribution in [0, 0.1) is 6.92 Å². The molecule has 1 aromatic heterocycles. The summed E-state index contributed by atoms with van der Waals surface area (Å²) in [4.78, 5) is 0. The summed E-state index contributed by atoms with van der Waals surface area (Å²) < 4.78 is 6.91. The van der Waals surface area contributed by atoms with E-state index in [0.717, 1.165) is 17.1 Å². The summed E-state index contributed by atoms with van der Waals surface area (Å²) in [6.45, 7) is 2.29. The number of anilines is 2. The van der Waals surface area contributed by atoms with Crippen LogP contribution in [-0.4, -0.2) is 35.1 Å². The molecule has 0 saturated carbocycles. The van der Waals surface area contributed by atoms with E-state index >= 15 is 0 Å². The van der Waals surface area contributed by atoms with Crippen molar-refractivity contribution < 1.29 is 9.84 Å². The standard InChI is InChI=1S/C13H18N4O2/c1-9-12(14)13(15-6-7-18)17(16-9)10-4-3-5-11(8-10)19-2/h3-5,8,15,18H,6-7,14H2,1-2H3. The number of methoxy groups -OCH3 is 1. The summed E-state index contributed by atoms with van der Waals surface area (Å²) in [5.41, 5.74) is 8.16. The maximum Gasteiger partial charge on any atom is 0.153 e. The molecular weight excluding hydrogens is 244 g/mol. The Morgan fingerprint density at radius 1 is 1.47 bits per heavy atom. The SMILES string of the molecule is COc1cccc(-n2nc(C)c(N)c2NCCO)c1. The molecule has 1 aromatic carbocycles. The van der Waals surface area contributed by atoms with Gasteiger partial charge in [-0.1, -0.05) is 6.07 Å². The average Bonchev–Trinajstić information content (AvgIpc) is 2.73. The topological polar surface area (TPSA) is 85.3 Å². The molecule has 1 heterocycles. The molecule has 0 aliphatic heterocycles. The van der Waals surface area contributed by atoms with Crippen molar-refractivity contribution in [3.63, 3.8) is 0 Å². The van der Waals surface area contributed by atoms with E-state index in [9.17, 15) is 0 Å². The number of benzene rings is 1. The van der Waals surface area contributed by atoms with Crippen LogP contribution in [0.15, 0.2) is 24.3 Å². The van der Waals surface area contributed by atoms with E-state index in [-0.39, 0.29) is 6.61 Å². The van der Waals surface area contributed by atoms with E-state index in [1.165, 1.54) is 0 Å². The first-order valence-corrected chi connectivity index (χ1v) is 6.01. The van der Waals surface area contributed by atoms with Crippen LogP contribution < -0.4 is 15.8 Å². The summed E-state index contributed by atoms with van der Waals surface area (Å²) in [5, 5.41) is 16.4. The Balaban J connectivity index is 2.45. The molecule has 4 N–H and O–H groups in total. The predicted octanol–water partition coefficient (Wildman–Crippen LogP) is 1.18. The molecule has 6 nitrogen and oxygen atoms in total. The smallest absolute Gasteiger partial charge is 0.153 e. The second-order valence-corrected chi connectivity index (χ2v) is 4.11. The van der Waals surface area contributed by atoms with Gasteiger partial charge in [0.2, 0.25) is 0 Å². The van der Waals surface area contributed by atoms with Gasteiger partial charge in [0.25, 0.3) is 0 Å². The maximum absolute atomic E-state index is 8.92. The minimum atomic E-state index is 0.0295. The van der Waals surface area contributed by atoms with Crippen molar-refractivity contribution in [1.29, 1.82) is 0 Å². The van der Waals surface area contributed by atoms with E-state index in [0.29, 0.717) is 18.1 Å². The van der Waals surface area contributed by atoms with Gasteiger partial charge in [-0.3, -0.25) is 0 Å². The number of nitrogens with two attached hydrogens (primary N) is 1. The number of rotatable bonds is 5. The number of aryl methyl sites for hydroxylation is 1. The summed E-state index contributed by atoms with van der Waals surface area (Å²) in [6, 6.07) is 7.54. The number of nitrogen functional groups attached to an aromatic ring is 1. The molecule has 6 heteroatoms. The fraction of sp³-hybridized carbons (Fsp3) is 0.308. The Kier molecular flexibility index (Phi) is 3.91. The molecule has 19 heavy (non-hydrogen) atoms. The number of ether oxygens (including phenoxy) is 1. The third-order valence-electron chi connectivity index (χ3n) is 2.81. The van der Waals surface area contributed by atoms with Gasteiger partial charge in [0.1, 0.15) is 5.75 Å². The zero-order chi connectivity index (χ0) is 13.8. The molecule has 0 spiro atoms. The zero-order valence-electron chi connectivity index (χ0n) is 11.1. The lowest BCUT2D eigenvalue weighted by atomic mass is 10.3. The van der Waals surface area contributed by atoms with E-state index in [1.54, 1.807) is 11.8 Å². The van der Waals surface area contributed by atoms with Crippen molar-refractivity contribution in [3.05, 3.63) is 30.0 Å². The van der Waals surface area contributed by atoms with Gasteiger partial charge in [-0.2, -0.15) is 5.10 Å². The normalized spacial score (nSPS) is 10.5. The van der Waals surface area contributed by atoms with Crippen molar-refractivity contribution in [2.45, 2.75) is 6.92 Å². The lowest BCUT2D eigenvalue weighted by molar-refractivity contribution is 0.311. The molecule has 2 rings (SSSR count). The number of aliphatic hydroxyl groups is 1. The van der Waals surface area contributed by atoms with E-state index in [4.69, 9.17) is 15.6 Å². The van der Waals surface area contributed by atoms with E-state index in [2.05, 4.69) is 10.4 Å². The minimum Gasteiger partial charge on any atom is -0.497 e. The number of aromatic nitrogens is 2. The zero-order valence-corrected chi connectivity index (χ0v) is 11.1. The van der Waals surface area contributed by atoms with Gasteiger partial charge in [0, 0.05) is 12.6 Å². The molecule has 0 unspecified atom stereocenters. The first-order chi connectivity index (χ1) is 9.17. The van der Waals surface area contributed by atoms with Crippen LogP contribution in [0.5, 0.6) is 5.75 Å². The van der Waals surface area contributed by atoms with Gasteiger partial charge < -0.3 is 20.9 Å². The Morgan fingerprint density at radius 3 is 2.95 bits per heavy atom. The quantitative estimate of drug-likeness (QED) is 0.753. The molecule has 102 valence electrons.